The SMILES string of the molecule is Cc1nn(Cc2noc(C(=O)NC3CCCCCC3)n2)c(C)c1Br. The first-order valence-corrected chi connectivity index (χ1v) is 9.17. The molecule has 0 aliphatic heterocycles. The average molecular weight is 396 g/mol. The molecule has 0 saturated heterocycles. The molecule has 0 bridgehead atoms. The summed E-state index contributed by atoms with van der Waals surface area (Å²) in [5, 5.41) is 11.3. The summed E-state index contributed by atoms with van der Waals surface area (Å²) in [5.74, 6) is 0.184. The van der Waals surface area contributed by atoms with Crippen molar-refractivity contribution in [2.75, 3.05) is 0 Å². The van der Waals surface area contributed by atoms with E-state index in [0.29, 0.717) is 12.4 Å². The molecular formula is C16H22BrN5O2. The van der Waals surface area contributed by atoms with E-state index in [9.17, 15) is 4.79 Å². The molecule has 8 heteroatoms. The summed E-state index contributed by atoms with van der Waals surface area (Å²) < 4.78 is 7.88. The van der Waals surface area contributed by atoms with Gasteiger partial charge in [-0.15, -0.1) is 0 Å². The van der Waals surface area contributed by atoms with Gasteiger partial charge in [0.1, 0.15) is 6.54 Å². The highest BCUT2D eigenvalue weighted by Crippen LogP contribution is 2.20. The maximum Gasteiger partial charge on any atom is 0.316 e. The van der Waals surface area contributed by atoms with Crippen molar-refractivity contribution in [1.29, 1.82) is 0 Å². The first-order chi connectivity index (χ1) is 11.5. The highest BCUT2D eigenvalue weighted by Gasteiger charge is 2.21. The zero-order valence-electron chi connectivity index (χ0n) is 14.0. The van der Waals surface area contributed by atoms with Gasteiger partial charge < -0.3 is 9.84 Å². The number of halogens is 1. The number of aromatic nitrogens is 4. The zero-order valence-corrected chi connectivity index (χ0v) is 15.6. The van der Waals surface area contributed by atoms with Crippen molar-refractivity contribution in [2.45, 2.75) is 65.0 Å². The Labute approximate surface area is 149 Å². The molecule has 2 aromatic rings. The third-order valence-electron chi connectivity index (χ3n) is 4.44. The number of amides is 1. The molecular weight excluding hydrogens is 374 g/mol. The molecule has 3 rings (SSSR count). The second-order valence-electron chi connectivity index (χ2n) is 6.32. The van der Waals surface area contributed by atoms with E-state index in [-0.39, 0.29) is 17.8 Å². The lowest BCUT2D eigenvalue weighted by molar-refractivity contribution is 0.0889. The van der Waals surface area contributed by atoms with Crippen LogP contribution >= 0.6 is 15.9 Å². The quantitative estimate of drug-likeness (QED) is 0.803. The molecule has 0 aromatic carbocycles. The van der Waals surface area contributed by atoms with Crippen LogP contribution in [0.25, 0.3) is 0 Å². The predicted molar refractivity (Wildman–Crippen MR) is 91.8 cm³/mol. The predicted octanol–water partition coefficient (Wildman–Crippen LogP) is 3.15. The van der Waals surface area contributed by atoms with Gasteiger partial charge in [0.25, 0.3) is 0 Å². The minimum atomic E-state index is -0.282. The number of carbonyl (C=O) groups excluding carboxylic acids is 1. The first-order valence-electron chi connectivity index (χ1n) is 8.37. The van der Waals surface area contributed by atoms with E-state index in [0.717, 1.165) is 41.5 Å². The molecule has 1 N–H and O–H groups in total. The standard InChI is InChI=1S/C16H22BrN5O2/c1-10-14(17)11(2)22(20-10)9-13-19-16(24-21-13)15(23)18-12-7-5-3-4-6-8-12/h12H,3-9H2,1-2H3,(H,18,23). The maximum absolute atomic E-state index is 12.3. The van der Waals surface area contributed by atoms with Crippen LogP contribution in [-0.2, 0) is 6.54 Å². The van der Waals surface area contributed by atoms with Gasteiger partial charge in [-0.2, -0.15) is 10.1 Å². The topological polar surface area (TPSA) is 85.8 Å². The molecule has 2 heterocycles. The van der Waals surface area contributed by atoms with Crippen LogP contribution in [0.4, 0.5) is 0 Å². The molecule has 24 heavy (non-hydrogen) atoms. The van der Waals surface area contributed by atoms with Crippen molar-refractivity contribution in [3.63, 3.8) is 0 Å². The van der Waals surface area contributed by atoms with Gasteiger partial charge in [-0.1, -0.05) is 30.8 Å². The molecule has 0 radical (unpaired) electrons. The van der Waals surface area contributed by atoms with Crippen molar-refractivity contribution in [2.24, 2.45) is 0 Å². The van der Waals surface area contributed by atoms with E-state index in [2.05, 4.69) is 36.5 Å². The lowest BCUT2D eigenvalue weighted by Gasteiger charge is -2.14. The van der Waals surface area contributed by atoms with E-state index in [1.54, 1.807) is 4.68 Å². The Morgan fingerprint density at radius 2 is 2.00 bits per heavy atom. The third kappa shape index (κ3) is 3.85. The van der Waals surface area contributed by atoms with Crippen LogP contribution in [0.5, 0.6) is 0 Å². The molecule has 0 unspecified atom stereocenters. The Morgan fingerprint density at radius 1 is 1.29 bits per heavy atom. The van der Waals surface area contributed by atoms with Crippen LogP contribution in [0.1, 0.15) is 66.4 Å². The summed E-state index contributed by atoms with van der Waals surface area (Å²) in [6.45, 7) is 4.26. The number of aryl methyl sites for hydroxylation is 1. The zero-order chi connectivity index (χ0) is 17.1. The lowest BCUT2D eigenvalue weighted by Crippen LogP contribution is -2.34. The molecule has 1 fully saturated rings. The van der Waals surface area contributed by atoms with Gasteiger partial charge in [-0.05, 0) is 42.6 Å². The van der Waals surface area contributed by atoms with Crippen molar-refractivity contribution >= 4 is 21.8 Å². The highest BCUT2D eigenvalue weighted by atomic mass is 79.9. The fourth-order valence-corrected chi connectivity index (χ4v) is 3.33. The van der Waals surface area contributed by atoms with Crippen molar-refractivity contribution in [3.8, 4) is 0 Å². The smallest absolute Gasteiger partial charge is 0.316 e. The Kier molecular flexibility index (Phi) is 5.33. The first kappa shape index (κ1) is 17.1. The molecule has 1 amide bonds. The summed E-state index contributed by atoms with van der Waals surface area (Å²) in [5.41, 5.74) is 1.89. The minimum absolute atomic E-state index is 0.0230. The number of hydrogen-bond donors (Lipinski definition) is 1. The third-order valence-corrected chi connectivity index (χ3v) is 5.58. The second-order valence-corrected chi connectivity index (χ2v) is 7.11. The van der Waals surface area contributed by atoms with Gasteiger partial charge in [0.2, 0.25) is 0 Å². The van der Waals surface area contributed by atoms with E-state index < -0.39 is 0 Å². The van der Waals surface area contributed by atoms with Crippen LogP contribution in [-0.4, -0.2) is 31.9 Å². The fraction of sp³-hybridized carbons (Fsp3) is 0.625. The number of hydrogen-bond acceptors (Lipinski definition) is 5. The van der Waals surface area contributed by atoms with Gasteiger partial charge in [0.15, 0.2) is 5.82 Å². The minimum Gasteiger partial charge on any atom is -0.345 e. The molecule has 1 aliphatic rings. The van der Waals surface area contributed by atoms with Crippen molar-refractivity contribution in [1.82, 2.24) is 25.2 Å². The number of rotatable bonds is 4. The van der Waals surface area contributed by atoms with Crippen LogP contribution in [0.3, 0.4) is 0 Å². The van der Waals surface area contributed by atoms with Gasteiger partial charge in [-0.3, -0.25) is 9.48 Å². The monoisotopic (exact) mass is 395 g/mol. The van der Waals surface area contributed by atoms with Crippen LogP contribution in [0.15, 0.2) is 9.00 Å². The van der Waals surface area contributed by atoms with Crippen LogP contribution < -0.4 is 5.32 Å². The summed E-state index contributed by atoms with van der Waals surface area (Å²) in [4.78, 5) is 16.5. The Bertz CT molecular complexity index is 716. The van der Waals surface area contributed by atoms with Gasteiger partial charge in [0.05, 0.1) is 15.9 Å². The van der Waals surface area contributed by atoms with Crippen LogP contribution in [0.2, 0.25) is 0 Å². The van der Waals surface area contributed by atoms with E-state index in [1.807, 2.05) is 13.8 Å². The number of carbonyl (C=O) groups is 1. The van der Waals surface area contributed by atoms with Crippen LogP contribution in [0, 0.1) is 13.8 Å². The van der Waals surface area contributed by atoms with Gasteiger partial charge in [-0.25, -0.2) is 0 Å². The molecule has 1 saturated carbocycles. The molecule has 1 aliphatic carbocycles. The van der Waals surface area contributed by atoms with Gasteiger partial charge >= 0.3 is 11.8 Å². The van der Waals surface area contributed by atoms with E-state index >= 15 is 0 Å². The largest absolute Gasteiger partial charge is 0.345 e. The number of nitrogens with one attached hydrogen (secondary N) is 1. The number of nitrogens with zero attached hydrogens (tertiary/aromatic N) is 4. The second kappa shape index (κ2) is 7.46. The molecule has 2 aromatic heterocycles. The lowest BCUT2D eigenvalue weighted by atomic mass is 10.1. The van der Waals surface area contributed by atoms with E-state index in [4.69, 9.17) is 4.52 Å². The van der Waals surface area contributed by atoms with Crippen molar-refractivity contribution in [3.05, 3.63) is 27.6 Å². The molecule has 0 atom stereocenters. The summed E-state index contributed by atoms with van der Waals surface area (Å²) >= 11 is 3.49. The average Bonchev–Trinajstić information content (AvgIpc) is 3.00. The fourth-order valence-electron chi connectivity index (χ4n) is 3.04. The van der Waals surface area contributed by atoms with Crippen molar-refractivity contribution < 1.29 is 9.32 Å². The molecule has 7 nitrogen and oxygen atoms in total. The van der Waals surface area contributed by atoms with E-state index in [1.165, 1.54) is 12.8 Å². The van der Waals surface area contributed by atoms with Gasteiger partial charge in [0, 0.05) is 6.04 Å². The Balaban J connectivity index is 1.64. The Morgan fingerprint density at radius 3 is 2.62 bits per heavy atom. The summed E-state index contributed by atoms with van der Waals surface area (Å²) in [6, 6.07) is 0.210. The summed E-state index contributed by atoms with van der Waals surface area (Å²) in [7, 11) is 0. The Hall–Kier alpha value is -1.70. The normalized spacial score (nSPS) is 16.1. The summed E-state index contributed by atoms with van der Waals surface area (Å²) in [6.07, 6.45) is 6.85. The molecule has 130 valence electrons. The highest BCUT2D eigenvalue weighted by molar-refractivity contribution is 9.10. The molecule has 0 spiro atoms. The maximum atomic E-state index is 12.3.